The number of hydrazone groups is 1. The molecule has 6 heteroatoms. The molecule has 0 aliphatic heterocycles. The minimum atomic E-state index is -0.316. The Bertz CT molecular complexity index is 655. The van der Waals surface area contributed by atoms with Crippen molar-refractivity contribution in [3.8, 4) is 5.75 Å². The quantitative estimate of drug-likeness (QED) is 0.612. The molecule has 2 rings (SSSR count). The van der Waals surface area contributed by atoms with Crippen LogP contribution in [-0.4, -0.2) is 17.2 Å². The van der Waals surface area contributed by atoms with E-state index < -0.39 is 0 Å². The van der Waals surface area contributed by atoms with E-state index in [-0.39, 0.29) is 11.7 Å². The maximum Gasteiger partial charge on any atom is 0.271 e. The van der Waals surface area contributed by atoms with Crippen molar-refractivity contribution in [3.05, 3.63) is 62.5 Å². The fourth-order valence-electron chi connectivity index (χ4n) is 1.46. The van der Waals surface area contributed by atoms with Crippen molar-refractivity contribution in [2.75, 3.05) is 0 Å². The highest BCUT2D eigenvalue weighted by atomic mass is 79.9. The number of rotatable bonds is 3. The van der Waals surface area contributed by atoms with Crippen molar-refractivity contribution in [1.82, 2.24) is 5.43 Å². The van der Waals surface area contributed by atoms with Crippen LogP contribution in [-0.2, 0) is 0 Å². The number of nitrogens with zero attached hydrogens (tertiary/aromatic N) is 1. The third-order valence-electron chi connectivity index (χ3n) is 2.49. The highest BCUT2D eigenvalue weighted by Gasteiger charge is 2.04. The third-order valence-corrected chi connectivity index (χ3v) is 3.66. The summed E-state index contributed by atoms with van der Waals surface area (Å²) in [6.07, 6.45) is 1.39. The summed E-state index contributed by atoms with van der Waals surface area (Å²) in [4.78, 5) is 11.8. The summed E-state index contributed by atoms with van der Waals surface area (Å²) < 4.78 is 1.47. The van der Waals surface area contributed by atoms with Crippen LogP contribution >= 0.6 is 31.9 Å². The number of carbonyl (C=O) groups excluding carboxylic acids is 1. The van der Waals surface area contributed by atoms with Crippen molar-refractivity contribution >= 4 is 44.0 Å². The van der Waals surface area contributed by atoms with Crippen LogP contribution in [0, 0.1) is 0 Å². The van der Waals surface area contributed by atoms with E-state index in [9.17, 15) is 9.90 Å². The molecule has 0 saturated heterocycles. The van der Waals surface area contributed by atoms with Crippen LogP contribution in [0.5, 0.6) is 5.75 Å². The predicted octanol–water partition coefficient (Wildman–Crippen LogP) is 3.68. The Balaban J connectivity index is 2.04. The van der Waals surface area contributed by atoms with Gasteiger partial charge in [0, 0.05) is 15.6 Å². The number of aromatic hydroxyl groups is 1. The molecule has 2 N–H and O–H groups in total. The highest BCUT2D eigenvalue weighted by Crippen LogP contribution is 2.25. The minimum absolute atomic E-state index is 0.0779. The second kappa shape index (κ2) is 6.67. The Kier molecular flexibility index (Phi) is 4.92. The molecular formula is C14H10Br2N2O2. The van der Waals surface area contributed by atoms with E-state index >= 15 is 0 Å². The van der Waals surface area contributed by atoms with Crippen molar-refractivity contribution in [3.63, 3.8) is 0 Å². The zero-order valence-electron chi connectivity index (χ0n) is 10.2. The number of para-hydroxylation sites is 1. The average Bonchev–Trinajstić information content (AvgIpc) is 2.44. The Morgan fingerprint density at radius 1 is 1.15 bits per heavy atom. The summed E-state index contributed by atoms with van der Waals surface area (Å²) >= 11 is 6.51. The van der Waals surface area contributed by atoms with E-state index in [0.717, 1.165) is 4.47 Å². The van der Waals surface area contributed by atoms with Crippen LogP contribution in [0.15, 0.2) is 56.5 Å². The standard InChI is InChI=1S/C14H10Br2N2O2/c15-11-6-4-9(5-7-11)14(20)18-17-8-10-2-1-3-12(16)13(10)19/h1-8,19H,(H,18,20). The summed E-state index contributed by atoms with van der Waals surface area (Å²) in [6, 6.07) is 12.1. The van der Waals surface area contributed by atoms with Crippen LogP contribution in [0.2, 0.25) is 0 Å². The molecule has 0 aliphatic rings. The fourth-order valence-corrected chi connectivity index (χ4v) is 2.11. The zero-order valence-corrected chi connectivity index (χ0v) is 13.3. The number of phenolic OH excluding ortho intramolecular Hbond substituents is 1. The van der Waals surface area contributed by atoms with Gasteiger partial charge in [-0.05, 0) is 52.3 Å². The number of carbonyl (C=O) groups is 1. The SMILES string of the molecule is O=C(NN=Cc1cccc(Br)c1O)c1ccc(Br)cc1. The molecule has 0 bridgehead atoms. The lowest BCUT2D eigenvalue weighted by molar-refractivity contribution is 0.0955. The Hall–Kier alpha value is -1.66. The number of amides is 1. The van der Waals surface area contributed by atoms with Crippen LogP contribution in [0.1, 0.15) is 15.9 Å². The van der Waals surface area contributed by atoms with Gasteiger partial charge in [0.25, 0.3) is 5.91 Å². The van der Waals surface area contributed by atoms with Gasteiger partial charge in [0.2, 0.25) is 0 Å². The molecule has 2 aromatic rings. The van der Waals surface area contributed by atoms with Gasteiger partial charge in [-0.2, -0.15) is 5.10 Å². The van der Waals surface area contributed by atoms with Gasteiger partial charge in [0.05, 0.1) is 10.7 Å². The van der Waals surface area contributed by atoms with Crippen LogP contribution < -0.4 is 5.43 Å². The van der Waals surface area contributed by atoms with E-state index in [0.29, 0.717) is 15.6 Å². The molecule has 0 spiro atoms. The summed E-state index contributed by atoms with van der Waals surface area (Å²) in [6.45, 7) is 0. The average molecular weight is 398 g/mol. The first kappa shape index (κ1) is 14.7. The predicted molar refractivity (Wildman–Crippen MR) is 85.0 cm³/mol. The molecule has 102 valence electrons. The molecule has 0 saturated carbocycles. The minimum Gasteiger partial charge on any atom is -0.506 e. The number of hydrogen-bond acceptors (Lipinski definition) is 3. The number of nitrogens with one attached hydrogen (secondary N) is 1. The number of hydrogen-bond donors (Lipinski definition) is 2. The largest absolute Gasteiger partial charge is 0.506 e. The molecule has 0 heterocycles. The molecule has 20 heavy (non-hydrogen) atoms. The number of benzene rings is 2. The molecule has 0 atom stereocenters. The third kappa shape index (κ3) is 3.68. The number of phenols is 1. The van der Waals surface area contributed by atoms with E-state index in [1.807, 2.05) is 0 Å². The lowest BCUT2D eigenvalue weighted by Gasteiger charge is -2.02. The lowest BCUT2D eigenvalue weighted by atomic mass is 10.2. The normalized spacial score (nSPS) is 10.7. The van der Waals surface area contributed by atoms with E-state index in [2.05, 4.69) is 42.4 Å². The van der Waals surface area contributed by atoms with Gasteiger partial charge in [-0.1, -0.05) is 22.0 Å². The smallest absolute Gasteiger partial charge is 0.271 e. The van der Waals surface area contributed by atoms with E-state index in [1.165, 1.54) is 6.21 Å². The summed E-state index contributed by atoms with van der Waals surface area (Å²) in [5.41, 5.74) is 3.42. The van der Waals surface area contributed by atoms with Gasteiger partial charge in [-0.15, -0.1) is 0 Å². The van der Waals surface area contributed by atoms with Gasteiger partial charge in [0.15, 0.2) is 0 Å². The topological polar surface area (TPSA) is 61.7 Å². The van der Waals surface area contributed by atoms with Gasteiger partial charge in [0.1, 0.15) is 5.75 Å². The maximum absolute atomic E-state index is 11.8. The fraction of sp³-hybridized carbons (Fsp3) is 0. The van der Waals surface area contributed by atoms with Crippen molar-refractivity contribution < 1.29 is 9.90 Å². The molecular weight excluding hydrogens is 388 g/mol. The summed E-state index contributed by atoms with van der Waals surface area (Å²) in [5, 5.41) is 13.6. The van der Waals surface area contributed by atoms with Crippen LogP contribution in [0.4, 0.5) is 0 Å². The first-order valence-electron chi connectivity index (χ1n) is 5.64. The summed E-state index contributed by atoms with van der Waals surface area (Å²) in [5.74, 6) is -0.239. The maximum atomic E-state index is 11.8. The molecule has 2 aromatic carbocycles. The first-order valence-corrected chi connectivity index (χ1v) is 7.23. The Morgan fingerprint density at radius 2 is 1.85 bits per heavy atom. The zero-order chi connectivity index (χ0) is 14.5. The van der Waals surface area contributed by atoms with Gasteiger partial charge < -0.3 is 5.11 Å². The van der Waals surface area contributed by atoms with E-state index in [4.69, 9.17) is 0 Å². The first-order chi connectivity index (χ1) is 9.58. The monoisotopic (exact) mass is 396 g/mol. The molecule has 0 aromatic heterocycles. The summed E-state index contributed by atoms with van der Waals surface area (Å²) in [7, 11) is 0. The Morgan fingerprint density at radius 3 is 2.55 bits per heavy atom. The van der Waals surface area contributed by atoms with Gasteiger partial charge in [-0.25, -0.2) is 5.43 Å². The van der Waals surface area contributed by atoms with Crippen molar-refractivity contribution in [2.45, 2.75) is 0 Å². The van der Waals surface area contributed by atoms with E-state index in [1.54, 1.807) is 42.5 Å². The van der Waals surface area contributed by atoms with Gasteiger partial charge >= 0.3 is 0 Å². The lowest BCUT2D eigenvalue weighted by Crippen LogP contribution is -2.17. The highest BCUT2D eigenvalue weighted by molar-refractivity contribution is 9.10. The molecule has 0 aliphatic carbocycles. The van der Waals surface area contributed by atoms with Crippen LogP contribution in [0.25, 0.3) is 0 Å². The molecule has 4 nitrogen and oxygen atoms in total. The molecule has 0 fully saturated rings. The molecule has 1 amide bonds. The molecule has 0 radical (unpaired) electrons. The van der Waals surface area contributed by atoms with Crippen molar-refractivity contribution in [1.29, 1.82) is 0 Å². The van der Waals surface area contributed by atoms with Crippen LogP contribution in [0.3, 0.4) is 0 Å². The molecule has 0 unspecified atom stereocenters. The Labute approximate surface area is 132 Å². The van der Waals surface area contributed by atoms with Crippen molar-refractivity contribution in [2.24, 2.45) is 5.10 Å². The van der Waals surface area contributed by atoms with Gasteiger partial charge in [-0.3, -0.25) is 4.79 Å². The second-order valence-corrected chi connectivity index (χ2v) is 5.65. The number of halogens is 2. The second-order valence-electron chi connectivity index (χ2n) is 3.88.